The van der Waals surface area contributed by atoms with E-state index in [2.05, 4.69) is 9.97 Å². The maximum absolute atomic E-state index is 9.25. The number of aromatic nitrogens is 2. The van der Waals surface area contributed by atoms with E-state index in [0.29, 0.717) is 6.54 Å². The molecule has 0 aromatic carbocycles. The summed E-state index contributed by atoms with van der Waals surface area (Å²) in [5.41, 5.74) is 1.80. The van der Waals surface area contributed by atoms with Crippen molar-refractivity contribution in [2.24, 2.45) is 0 Å². The van der Waals surface area contributed by atoms with Crippen LogP contribution in [0.1, 0.15) is 11.3 Å². The van der Waals surface area contributed by atoms with Gasteiger partial charge in [0.15, 0.2) is 0 Å². The third-order valence-electron chi connectivity index (χ3n) is 2.52. The highest BCUT2D eigenvalue weighted by Crippen LogP contribution is 2.17. The van der Waals surface area contributed by atoms with Gasteiger partial charge in [-0.1, -0.05) is 12.1 Å². The minimum absolute atomic E-state index is 0.00423. The Morgan fingerprint density at radius 2 is 1.94 bits per heavy atom. The zero-order valence-corrected chi connectivity index (χ0v) is 9.74. The molecule has 2 rings (SSSR count). The lowest BCUT2D eigenvalue weighted by Gasteiger charge is -2.19. The van der Waals surface area contributed by atoms with Gasteiger partial charge in [-0.15, -0.1) is 0 Å². The van der Waals surface area contributed by atoms with Gasteiger partial charge in [0.2, 0.25) is 0 Å². The third-order valence-corrected chi connectivity index (χ3v) is 2.52. The highest BCUT2D eigenvalue weighted by atomic mass is 16.3. The molecule has 2 aromatic rings. The Bertz CT molecular complexity index is 473. The monoisotopic (exact) mass is 229 g/mol. The molecule has 17 heavy (non-hydrogen) atoms. The van der Waals surface area contributed by atoms with Crippen LogP contribution in [0.25, 0.3) is 0 Å². The Morgan fingerprint density at radius 3 is 2.65 bits per heavy atom. The Kier molecular flexibility index (Phi) is 3.67. The van der Waals surface area contributed by atoms with E-state index in [9.17, 15) is 5.11 Å². The quantitative estimate of drug-likeness (QED) is 0.865. The summed E-state index contributed by atoms with van der Waals surface area (Å²) < 4.78 is 0. The molecule has 2 heterocycles. The van der Waals surface area contributed by atoms with Crippen LogP contribution >= 0.6 is 0 Å². The summed E-state index contributed by atoms with van der Waals surface area (Å²) in [7, 11) is 1.94. The third kappa shape index (κ3) is 2.79. The second-order valence-electron chi connectivity index (χ2n) is 3.82. The molecule has 88 valence electrons. The lowest BCUT2D eigenvalue weighted by Crippen LogP contribution is -2.20. The van der Waals surface area contributed by atoms with Gasteiger partial charge < -0.3 is 10.0 Å². The van der Waals surface area contributed by atoms with Crippen LogP contribution in [0.15, 0.2) is 42.7 Å². The molecule has 2 aromatic heterocycles. The summed E-state index contributed by atoms with van der Waals surface area (Å²) in [5.74, 6) is 0.792. The average molecular weight is 229 g/mol. The van der Waals surface area contributed by atoms with Crippen LogP contribution in [0.4, 0.5) is 5.82 Å². The van der Waals surface area contributed by atoms with Crippen molar-refractivity contribution >= 4 is 5.82 Å². The molecule has 0 fully saturated rings. The van der Waals surface area contributed by atoms with E-state index >= 15 is 0 Å². The molecule has 0 saturated heterocycles. The standard InChI is InChI=1S/C13H15N3O/c1-16(9-12-6-2-3-7-14-12)13-11(10-17)5-4-8-15-13/h2-8,17H,9-10H2,1H3. The van der Waals surface area contributed by atoms with Gasteiger partial charge in [-0.05, 0) is 18.2 Å². The summed E-state index contributed by atoms with van der Waals surface area (Å²) in [6, 6.07) is 9.52. The van der Waals surface area contributed by atoms with E-state index in [1.807, 2.05) is 42.3 Å². The predicted octanol–water partition coefficient (Wildman–Crippen LogP) is 1.61. The van der Waals surface area contributed by atoms with Crippen LogP contribution in [0, 0.1) is 0 Å². The first-order valence-electron chi connectivity index (χ1n) is 5.47. The fourth-order valence-electron chi connectivity index (χ4n) is 1.71. The number of pyridine rings is 2. The van der Waals surface area contributed by atoms with Crippen molar-refractivity contribution in [3.05, 3.63) is 54.0 Å². The lowest BCUT2D eigenvalue weighted by atomic mass is 10.2. The van der Waals surface area contributed by atoms with Gasteiger partial charge in [0.25, 0.3) is 0 Å². The molecule has 0 amide bonds. The Balaban J connectivity index is 2.17. The number of hydrogen-bond acceptors (Lipinski definition) is 4. The van der Waals surface area contributed by atoms with Gasteiger partial charge in [-0.3, -0.25) is 4.98 Å². The Morgan fingerprint density at radius 1 is 1.12 bits per heavy atom. The molecule has 0 atom stereocenters. The molecular weight excluding hydrogens is 214 g/mol. The lowest BCUT2D eigenvalue weighted by molar-refractivity contribution is 0.281. The number of nitrogens with zero attached hydrogens (tertiary/aromatic N) is 3. The number of rotatable bonds is 4. The van der Waals surface area contributed by atoms with Gasteiger partial charge in [-0.2, -0.15) is 0 Å². The maximum atomic E-state index is 9.25. The second kappa shape index (κ2) is 5.41. The number of aliphatic hydroxyl groups is 1. The van der Waals surface area contributed by atoms with E-state index in [0.717, 1.165) is 17.1 Å². The summed E-state index contributed by atoms with van der Waals surface area (Å²) in [6.07, 6.45) is 3.50. The first-order chi connectivity index (χ1) is 8.31. The van der Waals surface area contributed by atoms with Crippen molar-refractivity contribution in [3.63, 3.8) is 0 Å². The highest BCUT2D eigenvalue weighted by molar-refractivity contribution is 5.45. The maximum Gasteiger partial charge on any atom is 0.134 e. The molecule has 0 aliphatic heterocycles. The van der Waals surface area contributed by atoms with E-state index in [4.69, 9.17) is 0 Å². The van der Waals surface area contributed by atoms with Crippen molar-refractivity contribution in [1.82, 2.24) is 9.97 Å². The summed E-state index contributed by atoms with van der Waals surface area (Å²) >= 11 is 0. The highest BCUT2D eigenvalue weighted by Gasteiger charge is 2.08. The van der Waals surface area contributed by atoms with Gasteiger partial charge in [0, 0.05) is 25.0 Å². The van der Waals surface area contributed by atoms with Crippen molar-refractivity contribution in [3.8, 4) is 0 Å². The van der Waals surface area contributed by atoms with Crippen LogP contribution in [-0.4, -0.2) is 22.1 Å². The molecule has 1 N–H and O–H groups in total. The fraction of sp³-hybridized carbons (Fsp3) is 0.231. The molecule has 0 unspecified atom stereocenters. The largest absolute Gasteiger partial charge is 0.392 e. The normalized spacial score (nSPS) is 10.2. The first-order valence-corrected chi connectivity index (χ1v) is 5.47. The van der Waals surface area contributed by atoms with Crippen LogP contribution in [0.3, 0.4) is 0 Å². The molecule has 0 spiro atoms. The Hall–Kier alpha value is -1.94. The summed E-state index contributed by atoms with van der Waals surface area (Å²) in [6.45, 7) is 0.667. The van der Waals surface area contributed by atoms with E-state index in [1.165, 1.54) is 0 Å². The second-order valence-corrected chi connectivity index (χ2v) is 3.82. The van der Waals surface area contributed by atoms with Crippen molar-refractivity contribution < 1.29 is 5.11 Å². The number of hydrogen-bond donors (Lipinski definition) is 1. The van der Waals surface area contributed by atoms with E-state index in [1.54, 1.807) is 12.4 Å². The molecular formula is C13H15N3O. The van der Waals surface area contributed by atoms with Crippen LogP contribution in [0.5, 0.6) is 0 Å². The smallest absolute Gasteiger partial charge is 0.134 e. The zero-order chi connectivity index (χ0) is 12.1. The van der Waals surface area contributed by atoms with Gasteiger partial charge >= 0.3 is 0 Å². The molecule has 0 aliphatic rings. The van der Waals surface area contributed by atoms with Gasteiger partial charge in [-0.25, -0.2) is 4.98 Å². The van der Waals surface area contributed by atoms with Crippen molar-refractivity contribution in [1.29, 1.82) is 0 Å². The number of aliphatic hydroxyl groups excluding tert-OH is 1. The number of anilines is 1. The predicted molar refractivity (Wildman–Crippen MR) is 66.5 cm³/mol. The van der Waals surface area contributed by atoms with Crippen LogP contribution in [-0.2, 0) is 13.2 Å². The molecule has 4 nitrogen and oxygen atoms in total. The van der Waals surface area contributed by atoms with Crippen LogP contribution < -0.4 is 4.90 Å². The van der Waals surface area contributed by atoms with Crippen molar-refractivity contribution in [2.45, 2.75) is 13.2 Å². The molecule has 0 radical (unpaired) electrons. The zero-order valence-electron chi connectivity index (χ0n) is 9.74. The topological polar surface area (TPSA) is 49.2 Å². The van der Waals surface area contributed by atoms with Gasteiger partial charge in [0.1, 0.15) is 5.82 Å². The molecule has 0 aliphatic carbocycles. The first kappa shape index (κ1) is 11.5. The minimum atomic E-state index is -0.00423. The molecule has 4 heteroatoms. The van der Waals surface area contributed by atoms with Crippen LogP contribution in [0.2, 0.25) is 0 Å². The van der Waals surface area contributed by atoms with Gasteiger partial charge in [0.05, 0.1) is 18.8 Å². The van der Waals surface area contributed by atoms with Crippen molar-refractivity contribution in [2.75, 3.05) is 11.9 Å². The molecule has 0 saturated carbocycles. The van der Waals surface area contributed by atoms with E-state index in [-0.39, 0.29) is 6.61 Å². The summed E-state index contributed by atoms with van der Waals surface area (Å²) in [4.78, 5) is 10.5. The average Bonchev–Trinajstić information content (AvgIpc) is 2.40. The SMILES string of the molecule is CN(Cc1ccccn1)c1ncccc1CO. The minimum Gasteiger partial charge on any atom is -0.392 e. The fourth-order valence-corrected chi connectivity index (χ4v) is 1.71. The Labute approximate surface area is 101 Å². The molecule has 0 bridgehead atoms. The summed E-state index contributed by atoms with van der Waals surface area (Å²) in [5, 5.41) is 9.25. The van der Waals surface area contributed by atoms with E-state index < -0.39 is 0 Å².